The first kappa shape index (κ1) is 23.4. The van der Waals surface area contributed by atoms with Crippen LogP contribution < -0.4 is 10.2 Å². The van der Waals surface area contributed by atoms with Gasteiger partial charge in [-0.15, -0.1) is 11.3 Å². The Morgan fingerprint density at radius 3 is 2.38 bits per heavy atom. The van der Waals surface area contributed by atoms with E-state index in [9.17, 15) is 4.79 Å². The average Bonchev–Trinajstić information content (AvgIpc) is 3.04. The molecule has 8 heteroatoms. The second kappa shape index (κ2) is 9.61. The summed E-state index contributed by atoms with van der Waals surface area (Å²) in [5.41, 5.74) is 5.49. The van der Waals surface area contributed by atoms with E-state index in [1.165, 1.54) is 18.4 Å². The molecule has 1 aromatic heterocycles. The van der Waals surface area contributed by atoms with Crippen LogP contribution in [-0.4, -0.2) is 36.5 Å². The molecule has 174 valence electrons. The van der Waals surface area contributed by atoms with Gasteiger partial charge in [0.15, 0.2) is 0 Å². The third-order valence-corrected chi connectivity index (χ3v) is 6.98. The van der Waals surface area contributed by atoms with Crippen molar-refractivity contribution in [3.8, 4) is 0 Å². The number of aliphatic imine (C=N–C) groups is 1. The van der Waals surface area contributed by atoms with Gasteiger partial charge in [-0.2, -0.15) is 0 Å². The van der Waals surface area contributed by atoms with Gasteiger partial charge in [-0.05, 0) is 50.6 Å². The van der Waals surface area contributed by atoms with Gasteiger partial charge >= 0.3 is 5.97 Å². The highest BCUT2D eigenvalue weighted by molar-refractivity contribution is 7.17. The first-order chi connectivity index (χ1) is 16.3. The van der Waals surface area contributed by atoms with Gasteiger partial charge in [-0.3, -0.25) is 25.5 Å². The molecule has 4 rings (SSSR count). The summed E-state index contributed by atoms with van der Waals surface area (Å²) in [5.74, 6) is -0.139. The maximum Gasteiger partial charge on any atom is 0.308 e. The summed E-state index contributed by atoms with van der Waals surface area (Å²) >= 11 is 1.54. The summed E-state index contributed by atoms with van der Waals surface area (Å²) in [7, 11) is 1.33. The smallest absolute Gasteiger partial charge is 0.308 e. The van der Waals surface area contributed by atoms with E-state index in [1.54, 1.807) is 11.8 Å². The zero-order valence-corrected chi connectivity index (χ0v) is 20.4. The number of hydrogen-bond acceptors (Lipinski definition) is 7. The molecule has 1 aliphatic rings. The number of aryl methyl sites for hydroxylation is 1. The van der Waals surface area contributed by atoms with Crippen molar-refractivity contribution in [2.45, 2.75) is 33.2 Å². The van der Waals surface area contributed by atoms with Crippen molar-refractivity contribution >= 4 is 51.1 Å². The number of carbonyl (C=O) groups excluding carboxylic acids is 1. The van der Waals surface area contributed by atoms with E-state index in [2.05, 4.69) is 5.32 Å². The number of methoxy groups -OCH3 is 1. The Kier molecular flexibility index (Phi) is 6.61. The molecule has 0 bridgehead atoms. The number of benzene rings is 2. The maximum atomic E-state index is 12.1. The van der Waals surface area contributed by atoms with Crippen molar-refractivity contribution in [3.63, 3.8) is 0 Å². The molecular formula is C26H27N5O2S. The number of nitrogens with zero attached hydrogens (tertiary/aromatic N) is 2. The van der Waals surface area contributed by atoms with Crippen LogP contribution in [0, 0.1) is 24.7 Å². The second-order valence-electron chi connectivity index (χ2n) is 8.11. The molecule has 0 saturated heterocycles. The lowest BCUT2D eigenvalue weighted by atomic mass is 9.99. The quantitative estimate of drug-likeness (QED) is 0.252. The van der Waals surface area contributed by atoms with Gasteiger partial charge in [-0.25, -0.2) is 0 Å². The summed E-state index contributed by atoms with van der Waals surface area (Å²) in [6.45, 7) is 5.71. The molecule has 1 aliphatic heterocycles. The van der Waals surface area contributed by atoms with Crippen LogP contribution in [0.2, 0.25) is 0 Å². The van der Waals surface area contributed by atoms with E-state index < -0.39 is 12.0 Å². The van der Waals surface area contributed by atoms with Crippen molar-refractivity contribution in [1.82, 2.24) is 0 Å². The number of hydrogen-bond donors (Lipinski definition) is 3. The first-order valence-electron chi connectivity index (χ1n) is 10.9. The minimum Gasteiger partial charge on any atom is -0.469 e. The van der Waals surface area contributed by atoms with E-state index in [-0.39, 0.29) is 18.1 Å². The number of fused-ring (bicyclic) bond motifs is 1. The molecular weight excluding hydrogens is 446 g/mol. The topological polar surface area (TPSA) is 102 Å². The Morgan fingerprint density at radius 1 is 1.12 bits per heavy atom. The van der Waals surface area contributed by atoms with E-state index in [4.69, 9.17) is 20.5 Å². The Balaban J connectivity index is 1.81. The van der Waals surface area contributed by atoms with Crippen LogP contribution in [-0.2, 0) is 9.53 Å². The lowest BCUT2D eigenvalue weighted by molar-refractivity contribution is -0.140. The number of thiophene rings is 1. The monoisotopic (exact) mass is 473 g/mol. The van der Waals surface area contributed by atoms with Gasteiger partial charge in [-0.1, -0.05) is 30.3 Å². The molecule has 0 spiro atoms. The molecule has 0 saturated carbocycles. The molecule has 3 N–H and O–H groups in total. The number of carbonyl (C=O) groups is 1. The lowest BCUT2D eigenvalue weighted by Crippen LogP contribution is -2.40. The number of para-hydroxylation sites is 1. The molecule has 0 aliphatic carbocycles. The fourth-order valence-corrected chi connectivity index (χ4v) is 5.14. The number of esters is 1. The van der Waals surface area contributed by atoms with E-state index >= 15 is 0 Å². The Morgan fingerprint density at radius 2 is 1.76 bits per heavy atom. The Labute approximate surface area is 203 Å². The highest BCUT2D eigenvalue weighted by atomic mass is 32.1. The highest BCUT2D eigenvalue weighted by Crippen LogP contribution is 2.40. The molecule has 0 unspecified atom stereocenters. The number of ether oxygens (including phenoxy) is 1. The van der Waals surface area contributed by atoms with Gasteiger partial charge in [0.25, 0.3) is 0 Å². The van der Waals surface area contributed by atoms with Gasteiger partial charge in [0.05, 0.1) is 19.2 Å². The van der Waals surface area contributed by atoms with Gasteiger partial charge in [0, 0.05) is 27.4 Å². The molecule has 0 amide bonds. The van der Waals surface area contributed by atoms with Crippen LogP contribution in [0.4, 0.5) is 16.4 Å². The molecule has 34 heavy (non-hydrogen) atoms. The van der Waals surface area contributed by atoms with Crippen molar-refractivity contribution in [3.05, 3.63) is 76.2 Å². The predicted molar refractivity (Wildman–Crippen MR) is 140 cm³/mol. The fourth-order valence-electron chi connectivity index (χ4n) is 3.92. The standard InChI is InChI=1S/C26H27N5O2S/c1-15-16(2)34-26-23(15)24(30-21(14-22(32)33-4)25(28)31(26)17(3)27)18-10-12-20(13-11-18)29-19-8-6-5-7-9-19/h5-13,21,27-29H,14H2,1-4H3/t21-/m0/s1. The number of nitrogens with one attached hydrogen (secondary N) is 3. The van der Waals surface area contributed by atoms with Gasteiger partial charge in [0.1, 0.15) is 22.7 Å². The Hall–Kier alpha value is -3.78. The van der Waals surface area contributed by atoms with Crippen LogP contribution in [0.3, 0.4) is 0 Å². The number of anilines is 3. The number of rotatable bonds is 5. The minimum absolute atomic E-state index is 0.0662. The first-order valence-corrected chi connectivity index (χ1v) is 11.7. The fraction of sp³-hybridized carbons (Fsp3) is 0.231. The minimum atomic E-state index is -0.760. The molecule has 2 aromatic carbocycles. The summed E-state index contributed by atoms with van der Waals surface area (Å²) in [5, 5.41) is 21.4. The van der Waals surface area contributed by atoms with Gasteiger partial charge < -0.3 is 10.1 Å². The number of amidine groups is 2. The molecule has 2 heterocycles. The van der Waals surface area contributed by atoms with Crippen LogP contribution in [0.15, 0.2) is 59.6 Å². The van der Waals surface area contributed by atoms with Crippen LogP contribution in [0.1, 0.15) is 34.9 Å². The summed E-state index contributed by atoms with van der Waals surface area (Å²) in [6.07, 6.45) is -0.0662. The van der Waals surface area contributed by atoms with E-state index in [0.717, 1.165) is 37.9 Å². The average molecular weight is 474 g/mol. The maximum absolute atomic E-state index is 12.1. The van der Waals surface area contributed by atoms with Crippen molar-refractivity contribution in [1.29, 1.82) is 10.8 Å². The zero-order chi connectivity index (χ0) is 24.4. The highest BCUT2D eigenvalue weighted by Gasteiger charge is 2.34. The third-order valence-electron chi connectivity index (χ3n) is 5.79. The zero-order valence-electron chi connectivity index (χ0n) is 19.6. The van der Waals surface area contributed by atoms with Crippen molar-refractivity contribution in [2.24, 2.45) is 4.99 Å². The largest absolute Gasteiger partial charge is 0.469 e. The van der Waals surface area contributed by atoms with E-state index in [1.807, 2.05) is 68.4 Å². The summed E-state index contributed by atoms with van der Waals surface area (Å²) in [4.78, 5) is 19.8. The van der Waals surface area contributed by atoms with Gasteiger partial charge in [0.2, 0.25) is 0 Å². The molecule has 0 fully saturated rings. The van der Waals surface area contributed by atoms with Crippen LogP contribution >= 0.6 is 11.3 Å². The second-order valence-corrected chi connectivity index (χ2v) is 9.31. The SMILES string of the molecule is COC(=O)C[C@@H]1N=C(c2ccc(Nc3ccccc3)cc2)c2c(sc(C)c2C)N(C(C)=N)C1=N. The van der Waals surface area contributed by atoms with Crippen molar-refractivity contribution < 1.29 is 9.53 Å². The Bertz CT molecular complexity index is 1280. The molecule has 1 atom stereocenters. The van der Waals surface area contributed by atoms with Crippen LogP contribution in [0.5, 0.6) is 0 Å². The summed E-state index contributed by atoms with van der Waals surface area (Å²) < 4.78 is 4.87. The molecule has 0 radical (unpaired) electrons. The van der Waals surface area contributed by atoms with E-state index in [0.29, 0.717) is 5.71 Å². The predicted octanol–water partition coefficient (Wildman–Crippen LogP) is 5.67. The summed E-state index contributed by atoms with van der Waals surface area (Å²) in [6, 6.07) is 17.1. The normalized spacial score (nSPS) is 15.3. The lowest BCUT2D eigenvalue weighted by Gasteiger charge is -2.24. The van der Waals surface area contributed by atoms with Crippen molar-refractivity contribution in [2.75, 3.05) is 17.3 Å². The third kappa shape index (κ3) is 4.49. The molecule has 7 nitrogen and oxygen atoms in total. The van der Waals surface area contributed by atoms with Crippen LogP contribution in [0.25, 0.3) is 0 Å². The molecule has 3 aromatic rings.